The summed E-state index contributed by atoms with van der Waals surface area (Å²) in [7, 11) is 2.17. The molecule has 0 aromatic heterocycles. The minimum Gasteiger partial charge on any atom is -0.353 e. The Morgan fingerprint density at radius 2 is 1.58 bits per heavy atom. The summed E-state index contributed by atoms with van der Waals surface area (Å²) in [5.41, 5.74) is 5.42. The Morgan fingerprint density at radius 1 is 0.947 bits per heavy atom. The van der Waals surface area contributed by atoms with Crippen LogP contribution in [0.1, 0.15) is 18.1 Å². The van der Waals surface area contributed by atoms with Gasteiger partial charge in [-0.3, -0.25) is 0 Å². The number of hydrogen-bond acceptors (Lipinski definition) is 2. The molecule has 1 heterocycles. The van der Waals surface area contributed by atoms with Crippen LogP contribution in [-0.4, -0.2) is 13.2 Å². The molecule has 3 rings (SSSR count). The van der Waals surface area contributed by atoms with Crippen molar-refractivity contribution in [3.05, 3.63) is 59.7 Å². The van der Waals surface area contributed by atoms with Crippen molar-refractivity contribution in [2.45, 2.75) is 26.6 Å². The van der Waals surface area contributed by atoms with Crippen LogP contribution < -0.4 is 9.80 Å². The lowest BCUT2D eigenvalue weighted by Crippen LogP contribution is -2.38. The molecule has 0 radical (unpaired) electrons. The monoisotopic (exact) mass is 252 g/mol. The molecule has 2 nitrogen and oxygen atoms in total. The highest BCUT2D eigenvalue weighted by Crippen LogP contribution is 2.39. The number of hydrogen-bond donors (Lipinski definition) is 0. The third kappa shape index (κ3) is 1.97. The van der Waals surface area contributed by atoms with E-state index in [2.05, 4.69) is 79.2 Å². The molecule has 1 unspecified atom stereocenters. The first-order valence-electron chi connectivity index (χ1n) is 6.81. The minimum absolute atomic E-state index is 0.400. The maximum absolute atomic E-state index is 2.47. The van der Waals surface area contributed by atoms with Gasteiger partial charge in [-0.15, -0.1) is 0 Å². The summed E-state index contributed by atoms with van der Waals surface area (Å²) in [5.74, 6) is 0. The molecule has 2 aromatic rings. The second-order valence-corrected chi connectivity index (χ2v) is 5.29. The van der Waals surface area contributed by atoms with Crippen molar-refractivity contribution in [3.63, 3.8) is 0 Å². The maximum Gasteiger partial charge on any atom is 0.0988 e. The Kier molecular flexibility index (Phi) is 2.94. The Bertz CT molecular complexity index is 591. The van der Waals surface area contributed by atoms with Crippen LogP contribution in [0.25, 0.3) is 0 Å². The van der Waals surface area contributed by atoms with Crippen molar-refractivity contribution < 1.29 is 0 Å². The van der Waals surface area contributed by atoms with Crippen LogP contribution in [0.4, 0.5) is 11.4 Å². The molecule has 0 amide bonds. The highest BCUT2D eigenvalue weighted by molar-refractivity contribution is 5.77. The Balaban J connectivity index is 1.96. The number of fused-ring (bicyclic) bond motifs is 1. The molecule has 0 bridgehead atoms. The summed E-state index contributed by atoms with van der Waals surface area (Å²) in [6.45, 7) is 5.42. The first-order valence-corrected chi connectivity index (χ1v) is 6.81. The lowest BCUT2D eigenvalue weighted by Gasteiger charge is -2.28. The highest BCUT2D eigenvalue weighted by Gasteiger charge is 2.29. The zero-order valence-corrected chi connectivity index (χ0v) is 11.8. The first-order chi connectivity index (χ1) is 9.18. The van der Waals surface area contributed by atoms with Gasteiger partial charge in [-0.2, -0.15) is 0 Å². The van der Waals surface area contributed by atoms with Crippen molar-refractivity contribution in [1.29, 1.82) is 0 Å². The molecule has 1 aliphatic heterocycles. The largest absolute Gasteiger partial charge is 0.353 e. The van der Waals surface area contributed by atoms with E-state index in [0.717, 1.165) is 6.54 Å². The molecule has 98 valence electrons. The number of aryl methyl sites for hydroxylation is 1. The molecule has 19 heavy (non-hydrogen) atoms. The summed E-state index contributed by atoms with van der Waals surface area (Å²) >= 11 is 0. The molecule has 2 aromatic carbocycles. The van der Waals surface area contributed by atoms with E-state index in [1.807, 2.05) is 0 Å². The molecule has 0 spiro atoms. The molecule has 2 heteroatoms. The van der Waals surface area contributed by atoms with Crippen LogP contribution in [0.5, 0.6) is 0 Å². The average Bonchev–Trinajstić information content (AvgIpc) is 2.67. The van der Waals surface area contributed by atoms with Gasteiger partial charge in [0.25, 0.3) is 0 Å². The van der Waals surface area contributed by atoms with Gasteiger partial charge >= 0.3 is 0 Å². The van der Waals surface area contributed by atoms with Gasteiger partial charge in [-0.1, -0.05) is 36.4 Å². The van der Waals surface area contributed by atoms with Crippen molar-refractivity contribution >= 4 is 11.4 Å². The zero-order valence-electron chi connectivity index (χ0n) is 11.8. The van der Waals surface area contributed by atoms with Gasteiger partial charge in [0.05, 0.1) is 17.5 Å². The van der Waals surface area contributed by atoms with Gasteiger partial charge in [0.2, 0.25) is 0 Å². The van der Waals surface area contributed by atoms with Gasteiger partial charge in [0, 0.05) is 13.6 Å². The Hall–Kier alpha value is -1.96. The fraction of sp³-hybridized carbons (Fsp3) is 0.294. The lowest BCUT2D eigenvalue weighted by atomic mass is 10.1. The molecule has 0 aliphatic carbocycles. The summed E-state index contributed by atoms with van der Waals surface area (Å²) in [6, 6.07) is 17.3. The number of nitrogens with zero attached hydrogens (tertiary/aromatic N) is 2. The second-order valence-electron chi connectivity index (χ2n) is 5.29. The molecular formula is C17H20N2. The fourth-order valence-electron chi connectivity index (χ4n) is 2.81. The van der Waals surface area contributed by atoms with Gasteiger partial charge in [-0.05, 0) is 37.1 Å². The van der Waals surface area contributed by atoms with E-state index in [1.165, 1.54) is 22.5 Å². The van der Waals surface area contributed by atoms with E-state index in [0.29, 0.717) is 6.17 Å². The number of para-hydroxylation sites is 2. The highest BCUT2D eigenvalue weighted by atomic mass is 15.4. The fourth-order valence-corrected chi connectivity index (χ4v) is 2.81. The topological polar surface area (TPSA) is 6.48 Å². The number of anilines is 2. The smallest absolute Gasteiger partial charge is 0.0988 e. The predicted molar refractivity (Wildman–Crippen MR) is 81.7 cm³/mol. The summed E-state index contributed by atoms with van der Waals surface area (Å²) in [6.07, 6.45) is 0.400. The summed E-state index contributed by atoms with van der Waals surface area (Å²) in [5, 5.41) is 0. The van der Waals surface area contributed by atoms with E-state index >= 15 is 0 Å². The zero-order chi connectivity index (χ0) is 13.4. The van der Waals surface area contributed by atoms with E-state index in [-0.39, 0.29) is 0 Å². The molecule has 0 N–H and O–H groups in total. The van der Waals surface area contributed by atoms with Crippen LogP contribution in [-0.2, 0) is 6.54 Å². The molecule has 0 fully saturated rings. The van der Waals surface area contributed by atoms with Gasteiger partial charge in [0.15, 0.2) is 0 Å². The SMILES string of the molecule is Cc1ccccc1CN1c2ccccc2N(C)C1C. The van der Waals surface area contributed by atoms with E-state index in [4.69, 9.17) is 0 Å². The van der Waals surface area contributed by atoms with Crippen molar-refractivity contribution in [3.8, 4) is 0 Å². The van der Waals surface area contributed by atoms with Crippen LogP contribution >= 0.6 is 0 Å². The third-order valence-electron chi connectivity index (χ3n) is 4.18. The Morgan fingerprint density at radius 3 is 2.32 bits per heavy atom. The van der Waals surface area contributed by atoms with E-state index in [9.17, 15) is 0 Å². The number of rotatable bonds is 2. The van der Waals surface area contributed by atoms with Crippen LogP contribution in [0.2, 0.25) is 0 Å². The minimum atomic E-state index is 0.400. The summed E-state index contributed by atoms with van der Waals surface area (Å²) < 4.78 is 0. The van der Waals surface area contributed by atoms with Gasteiger partial charge < -0.3 is 9.80 Å². The maximum atomic E-state index is 2.47. The summed E-state index contributed by atoms with van der Waals surface area (Å²) in [4.78, 5) is 4.81. The average molecular weight is 252 g/mol. The van der Waals surface area contributed by atoms with Crippen molar-refractivity contribution in [2.24, 2.45) is 0 Å². The molecule has 1 atom stereocenters. The Labute approximate surface area is 115 Å². The first kappa shape index (κ1) is 12.1. The number of benzene rings is 2. The van der Waals surface area contributed by atoms with Gasteiger partial charge in [-0.25, -0.2) is 0 Å². The quantitative estimate of drug-likeness (QED) is 0.802. The predicted octanol–water partition coefficient (Wildman–Crippen LogP) is 3.80. The second kappa shape index (κ2) is 4.61. The standard InChI is InChI=1S/C17H20N2/c1-13-8-4-5-9-15(13)12-19-14(2)18(3)16-10-6-7-11-17(16)19/h4-11,14H,12H2,1-3H3. The molecule has 0 saturated heterocycles. The van der Waals surface area contributed by atoms with E-state index < -0.39 is 0 Å². The normalized spacial score (nSPS) is 17.7. The molecule has 1 aliphatic rings. The molecular weight excluding hydrogens is 232 g/mol. The van der Waals surface area contributed by atoms with Crippen molar-refractivity contribution in [1.82, 2.24) is 0 Å². The third-order valence-corrected chi connectivity index (χ3v) is 4.18. The van der Waals surface area contributed by atoms with Crippen LogP contribution in [0.15, 0.2) is 48.5 Å². The van der Waals surface area contributed by atoms with Gasteiger partial charge in [0.1, 0.15) is 0 Å². The van der Waals surface area contributed by atoms with Crippen LogP contribution in [0.3, 0.4) is 0 Å². The lowest BCUT2D eigenvalue weighted by molar-refractivity contribution is 0.655. The van der Waals surface area contributed by atoms with Crippen molar-refractivity contribution in [2.75, 3.05) is 16.8 Å². The van der Waals surface area contributed by atoms with E-state index in [1.54, 1.807) is 0 Å². The molecule has 0 saturated carbocycles. The van der Waals surface area contributed by atoms with Crippen LogP contribution in [0, 0.1) is 6.92 Å².